The third-order valence-electron chi connectivity index (χ3n) is 4.57. The van der Waals surface area contributed by atoms with Gasteiger partial charge in [0.25, 0.3) is 5.91 Å². The molecule has 0 bridgehead atoms. The van der Waals surface area contributed by atoms with Crippen LogP contribution in [0.1, 0.15) is 30.1 Å². The number of nitrogens with two attached hydrogens (primary N) is 1. The highest BCUT2D eigenvalue weighted by molar-refractivity contribution is 8.01. The van der Waals surface area contributed by atoms with Crippen molar-refractivity contribution in [1.82, 2.24) is 5.32 Å². The van der Waals surface area contributed by atoms with Crippen molar-refractivity contribution in [2.75, 3.05) is 17.6 Å². The predicted molar refractivity (Wildman–Crippen MR) is 108 cm³/mol. The molecular weight excluding hydrogens is 366 g/mol. The molecule has 5 nitrogen and oxygen atoms in total. The molecule has 1 fully saturated rings. The van der Waals surface area contributed by atoms with Crippen LogP contribution in [0, 0.1) is 5.92 Å². The van der Waals surface area contributed by atoms with Crippen molar-refractivity contribution in [2.24, 2.45) is 11.7 Å². The van der Waals surface area contributed by atoms with E-state index in [1.165, 1.54) is 11.8 Å². The molecule has 4 N–H and O–H groups in total. The van der Waals surface area contributed by atoms with Crippen LogP contribution in [0.5, 0.6) is 0 Å². The summed E-state index contributed by atoms with van der Waals surface area (Å²) in [7, 11) is 0. The SMILES string of the molecule is CC(CN)(NC(=O)c1ccc(NC(=O)CSc2cccs2)cc1)C1CC1. The Kier molecular flexibility index (Phi) is 6.01. The summed E-state index contributed by atoms with van der Waals surface area (Å²) in [5, 5.41) is 7.90. The van der Waals surface area contributed by atoms with E-state index in [1.807, 2.05) is 24.4 Å². The molecule has 1 aromatic carbocycles. The molecule has 0 aliphatic heterocycles. The molecule has 0 radical (unpaired) electrons. The monoisotopic (exact) mass is 389 g/mol. The first-order valence-electron chi connectivity index (χ1n) is 8.59. The Balaban J connectivity index is 1.52. The number of hydrogen-bond acceptors (Lipinski definition) is 5. The van der Waals surface area contributed by atoms with Crippen molar-refractivity contribution in [2.45, 2.75) is 29.5 Å². The molecule has 2 aromatic rings. The summed E-state index contributed by atoms with van der Waals surface area (Å²) in [4.78, 5) is 24.5. The van der Waals surface area contributed by atoms with E-state index in [9.17, 15) is 9.59 Å². The highest BCUT2D eigenvalue weighted by Gasteiger charge is 2.41. The van der Waals surface area contributed by atoms with Crippen LogP contribution in [0.15, 0.2) is 46.0 Å². The van der Waals surface area contributed by atoms with Crippen LogP contribution in [0.3, 0.4) is 0 Å². The highest BCUT2D eigenvalue weighted by atomic mass is 32.2. The van der Waals surface area contributed by atoms with E-state index in [2.05, 4.69) is 10.6 Å². The Labute approximate surface area is 161 Å². The van der Waals surface area contributed by atoms with Gasteiger partial charge in [0.15, 0.2) is 0 Å². The van der Waals surface area contributed by atoms with Crippen LogP contribution in [-0.2, 0) is 4.79 Å². The number of nitrogens with one attached hydrogen (secondary N) is 2. The van der Waals surface area contributed by atoms with E-state index in [4.69, 9.17) is 5.73 Å². The average Bonchev–Trinajstić information content (AvgIpc) is 3.38. The molecule has 0 spiro atoms. The van der Waals surface area contributed by atoms with Gasteiger partial charge in [0, 0.05) is 17.8 Å². The quantitative estimate of drug-likeness (QED) is 0.605. The van der Waals surface area contributed by atoms with Gasteiger partial charge in [-0.25, -0.2) is 0 Å². The largest absolute Gasteiger partial charge is 0.345 e. The summed E-state index contributed by atoms with van der Waals surface area (Å²) >= 11 is 3.13. The molecule has 1 saturated carbocycles. The van der Waals surface area contributed by atoms with Gasteiger partial charge in [0.05, 0.1) is 15.5 Å². The van der Waals surface area contributed by atoms with Crippen molar-refractivity contribution in [3.8, 4) is 0 Å². The van der Waals surface area contributed by atoms with Gasteiger partial charge in [0.1, 0.15) is 0 Å². The van der Waals surface area contributed by atoms with Crippen molar-refractivity contribution >= 4 is 40.6 Å². The summed E-state index contributed by atoms with van der Waals surface area (Å²) in [6.07, 6.45) is 2.23. The van der Waals surface area contributed by atoms with Crippen LogP contribution in [0.25, 0.3) is 0 Å². The molecule has 3 rings (SSSR count). The van der Waals surface area contributed by atoms with Crippen LogP contribution in [0.4, 0.5) is 5.69 Å². The molecule has 1 unspecified atom stereocenters. The van der Waals surface area contributed by atoms with E-state index >= 15 is 0 Å². The number of amides is 2. The Morgan fingerprint density at radius 1 is 1.27 bits per heavy atom. The Hall–Kier alpha value is -1.83. The zero-order chi connectivity index (χ0) is 18.6. The van der Waals surface area contributed by atoms with Crippen molar-refractivity contribution in [3.63, 3.8) is 0 Å². The highest BCUT2D eigenvalue weighted by Crippen LogP contribution is 2.39. The molecule has 2 amide bonds. The van der Waals surface area contributed by atoms with Crippen molar-refractivity contribution in [3.05, 3.63) is 47.3 Å². The summed E-state index contributed by atoms with van der Waals surface area (Å²) < 4.78 is 1.12. The maximum Gasteiger partial charge on any atom is 0.251 e. The van der Waals surface area contributed by atoms with Gasteiger partial charge in [-0.15, -0.1) is 23.1 Å². The van der Waals surface area contributed by atoms with E-state index in [0.717, 1.165) is 17.1 Å². The second kappa shape index (κ2) is 8.24. The number of hydrogen-bond donors (Lipinski definition) is 3. The number of rotatable bonds is 8. The molecule has 1 atom stereocenters. The maximum absolute atomic E-state index is 12.5. The van der Waals surface area contributed by atoms with Gasteiger partial charge in [-0.1, -0.05) is 6.07 Å². The summed E-state index contributed by atoms with van der Waals surface area (Å²) in [6, 6.07) is 10.9. The van der Waals surface area contributed by atoms with Crippen LogP contribution < -0.4 is 16.4 Å². The van der Waals surface area contributed by atoms with Crippen LogP contribution in [-0.4, -0.2) is 29.7 Å². The second-order valence-corrected chi connectivity index (χ2v) is 8.92. The number of thiophene rings is 1. The molecule has 1 heterocycles. The van der Waals surface area contributed by atoms with Crippen molar-refractivity contribution < 1.29 is 9.59 Å². The molecule has 1 aliphatic rings. The number of anilines is 1. The third kappa shape index (κ3) is 4.87. The fourth-order valence-electron chi connectivity index (χ4n) is 2.76. The number of benzene rings is 1. The molecule has 7 heteroatoms. The van der Waals surface area contributed by atoms with Gasteiger partial charge in [-0.3, -0.25) is 9.59 Å². The minimum atomic E-state index is -0.344. The normalized spacial score (nSPS) is 15.9. The average molecular weight is 390 g/mol. The molecule has 138 valence electrons. The van der Waals surface area contributed by atoms with E-state index in [1.54, 1.807) is 35.6 Å². The van der Waals surface area contributed by atoms with E-state index in [-0.39, 0.29) is 17.4 Å². The Morgan fingerprint density at radius 2 is 2.00 bits per heavy atom. The predicted octanol–water partition coefficient (Wildman–Crippen LogP) is 3.34. The first-order chi connectivity index (χ1) is 12.5. The smallest absolute Gasteiger partial charge is 0.251 e. The minimum absolute atomic E-state index is 0.0648. The molecule has 1 aromatic heterocycles. The van der Waals surface area contributed by atoms with E-state index < -0.39 is 0 Å². The number of carbonyl (C=O) groups excluding carboxylic acids is 2. The summed E-state index contributed by atoms with van der Waals surface area (Å²) in [5.41, 5.74) is 6.76. The lowest BCUT2D eigenvalue weighted by Gasteiger charge is -2.29. The fourth-order valence-corrected chi connectivity index (χ4v) is 4.34. The van der Waals surface area contributed by atoms with Crippen LogP contribution >= 0.6 is 23.1 Å². The molecule has 26 heavy (non-hydrogen) atoms. The number of thioether (sulfide) groups is 1. The second-order valence-electron chi connectivity index (χ2n) is 6.70. The van der Waals surface area contributed by atoms with Gasteiger partial charge >= 0.3 is 0 Å². The molecule has 1 aliphatic carbocycles. The van der Waals surface area contributed by atoms with Gasteiger partial charge in [-0.2, -0.15) is 0 Å². The first-order valence-corrected chi connectivity index (χ1v) is 10.5. The summed E-state index contributed by atoms with van der Waals surface area (Å²) in [6.45, 7) is 2.43. The van der Waals surface area contributed by atoms with Gasteiger partial charge in [-0.05, 0) is 61.4 Å². The fraction of sp³-hybridized carbons (Fsp3) is 0.368. The topological polar surface area (TPSA) is 84.2 Å². The summed E-state index contributed by atoms with van der Waals surface area (Å²) in [5.74, 6) is 0.635. The first kappa shape index (κ1) is 18.9. The lowest BCUT2D eigenvalue weighted by molar-refractivity contribution is -0.113. The Bertz CT molecular complexity index is 758. The molecule has 0 saturated heterocycles. The van der Waals surface area contributed by atoms with E-state index in [0.29, 0.717) is 29.5 Å². The van der Waals surface area contributed by atoms with Crippen molar-refractivity contribution in [1.29, 1.82) is 0 Å². The number of carbonyl (C=O) groups is 2. The Morgan fingerprint density at radius 3 is 2.58 bits per heavy atom. The maximum atomic E-state index is 12.5. The zero-order valence-electron chi connectivity index (χ0n) is 14.7. The van der Waals surface area contributed by atoms with Crippen LogP contribution in [0.2, 0.25) is 0 Å². The molecular formula is C19H23N3O2S2. The zero-order valence-corrected chi connectivity index (χ0v) is 16.3. The van der Waals surface area contributed by atoms with Gasteiger partial charge < -0.3 is 16.4 Å². The lowest BCUT2D eigenvalue weighted by atomic mass is 9.95. The van der Waals surface area contributed by atoms with Gasteiger partial charge in [0.2, 0.25) is 5.91 Å². The third-order valence-corrected chi connectivity index (χ3v) is 6.70. The standard InChI is InChI=1S/C19H23N3O2S2/c1-19(12-20,14-6-7-14)22-18(24)13-4-8-15(9-5-13)21-16(23)11-26-17-3-2-10-25-17/h2-5,8-10,14H,6-7,11-12,20H2,1H3,(H,21,23)(H,22,24). The minimum Gasteiger partial charge on any atom is -0.345 e. The lowest BCUT2D eigenvalue weighted by Crippen LogP contribution is -2.53.